The Morgan fingerprint density at radius 3 is 2.53 bits per heavy atom. The number of ether oxygens (including phenoxy) is 1. The van der Waals surface area contributed by atoms with E-state index >= 15 is 0 Å². The van der Waals surface area contributed by atoms with Gasteiger partial charge in [-0.05, 0) is 43.5 Å². The van der Waals surface area contributed by atoms with Gasteiger partial charge < -0.3 is 9.64 Å². The topological polar surface area (TPSA) is 79.8 Å². The Labute approximate surface area is 177 Å². The van der Waals surface area contributed by atoms with Gasteiger partial charge >= 0.3 is 0 Å². The maximum Gasteiger partial charge on any atom is 0.259 e. The Hall–Kier alpha value is -2.45. The minimum Gasteiger partial charge on any atom is -0.480 e. The Morgan fingerprint density at radius 1 is 1.20 bits per heavy atom. The van der Waals surface area contributed by atoms with Gasteiger partial charge in [-0.2, -0.15) is 4.31 Å². The molecule has 1 aromatic heterocycles. The molecule has 1 aliphatic heterocycles. The van der Waals surface area contributed by atoms with Gasteiger partial charge in [0, 0.05) is 37.3 Å². The molecule has 2 heterocycles. The predicted octanol–water partition coefficient (Wildman–Crippen LogP) is 2.80. The number of nitrogens with zero attached hydrogens (tertiary/aromatic N) is 3. The third-order valence-corrected chi connectivity index (χ3v) is 7.91. The van der Waals surface area contributed by atoms with Crippen LogP contribution >= 0.6 is 0 Å². The van der Waals surface area contributed by atoms with Gasteiger partial charge in [-0.1, -0.05) is 25.1 Å². The van der Waals surface area contributed by atoms with Crippen molar-refractivity contribution >= 4 is 15.9 Å². The molecule has 8 heteroatoms. The zero-order chi connectivity index (χ0) is 21.4. The van der Waals surface area contributed by atoms with Gasteiger partial charge in [0.1, 0.15) is 5.56 Å². The molecular formula is C22H27N3O4S. The van der Waals surface area contributed by atoms with E-state index in [9.17, 15) is 13.2 Å². The Kier molecular flexibility index (Phi) is 5.55. The molecule has 1 amide bonds. The summed E-state index contributed by atoms with van der Waals surface area (Å²) in [7, 11) is -1.93. The summed E-state index contributed by atoms with van der Waals surface area (Å²) in [5.74, 6) is 0.260. The average molecular weight is 430 g/mol. The highest BCUT2D eigenvalue weighted by Crippen LogP contribution is 2.52. The number of pyridine rings is 1. The first-order valence-electron chi connectivity index (χ1n) is 10.3. The van der Waals surface area contributed by atoms with Crippen LogP contribution in [-0.2, 0) is 10.0 Å². The van der Waals surface area contributed by atoms with E-state index in [2.05, 4.69) is 4.98 Å². The van der Waals surface area contributed by atoms with Crippen molar-refractivity contribution in [2.24, 2.45) is 5.41 Å². The van der Waals surface area contributed by atoms with Crippen molar-refractivity contribution in [3.63, 3.8) is 0 Å². The summed E-state index contributed by atoms with van der Waals surface area (Å²) >= 11 is 0. The smallest absolute Gasteiger partial charge is 0.259 e. The summed E-state index contributed by atoms with van der Waals surface area (Å²) in [6, 6.07) is 12.1. The number of carbonyl (C=O) groups is 1. The summed E-state index contributed by atoms with van der Waals surface area (Å²) < 4.78 is 32.3. The van der Waals surface area contributed by atoms with Crippen molar-refractivity contribution in [2.45, 2.75) is 37.1 Å². The van der Waals surface area contributed by atoms with Crippen LogP contribution in [-0.4, -0.2) is 61.3 Å². The molecule has 2 fully saturated rings. The molecule has 1 saturated heterocycles. The fourth-order valence-corrected chi connectivity index (χ4v) is 6.28. The minimum atomic E-state index is -3.44. The molecule has 7 nitrogen and oxygen atoms in total. The molecule has 1 aliphatic carbocycles. The number of carbonyl (C=O) groups excluding carboxylic acids is 1. The van der Waals surface area contributed by atoms with Gasteiger partial charge in [0.15, 0.2) is 0 Å². The van der Waals surface area contributed by atoms with Crippen LogP contribution in [0.3, 0.4) is 0 Å². The highest BCUT2D eigenvalue weighted by molar-refractivity contribution is 7.89. The summed E-state index contributed by atoms with van der Waals surface area (Å²) in [5.41, 5.74) is 0.453. The Balaban J connectivity index is 1.42. The number of amides is 1. The van der Waals surface area contributed by atoms with Crippen LogP contribution in [0.4, 0.5) is 0 Å². The molecule has 0 N–H and O–H groups in total. The van der Waals surface area contributed by atoms with E-state index in [1.54, 1.807) is 46.9 Å². The summed E-state index contributed by atoms with van der Waals surface area (Å²) in [5, 5.41) is 0. The van der Waals surface area contributed by atoms with E-state index in [1.165, 1.54) is 7.11 Å². The number of rotatable bonds is 7. The lowest BCUT2D eigenvalue weighted by atomic mass is 9.61. The van der Waals surface area contributed by atoms with Gasteiger partial charge in [-0.25, -0.2) is 13.4 Å². The van der Waals surface area contributed by atoms with Crippen molar-refractivity contribution in [1.29, 1.82) is 0 Å². The zero-order valence-electron chi connectivity index (χ0n) is 17.3. The van der Waals surface area contributed by atoms with Crippen molar-refractivity contribution in [3.8, 4) is 5.88 Å². The SMILES string of the molecule is CCCN(C(=O)c1cccnc1OC)C1CC2(C1)CN(S(=O)(=O)c1ccccc1)C2. The molecule has 1 aromatic carbocycles. The van der Waals surface area contributed by atoms with Crippen LogP contribution in [0, 0.1) is 5.41 Å². The third kappa shape index (κ3) is 3.58. The highest BCUT2D eigenvalue weighted by atomic mass is 32.2. The fourth-order valence-electron chi connectivity index (χ4n) is 4.59. The molecule has 1 saturated carbocycles. The van der Waals surface area contributed by atoms with Gasteiger partial charge in [-0.3, -0.25) is 4.79 Å². The normalized spacial score (nSPS) is 18.5. The number of hydrogen-bond donors (Lipinski definition) is 0. The van der Waals surface area contributed by atoms with E-state index < -0.39 is 10.0 Å². The van der Waals surface area contributed by atoms with Gasteiger partial charge in [0.25, 0.3) is 5.91 Å². The van der Waals surface area contributed by atoms with Crippen LogP contribution in [0.2, 0.25) is 0 Å². The fraction of sp³-hybridized carbons (Fsp3) is 0.455. The Morgan fingerprint density at radius 2 is 1.90 bits per heavy atom. The first kappa shape index (κ1) is 20.8. The maximum absolute atomic E-state index is 13.2. The molecule has 30 heavy (non-hydrogen) atoms. The predicted molar refractivity (Wildman–Crippen MR) is 113 cm³/mol. The second-order valence-corrected chi connectivity index (χ2v) is 10.1. The first-order valence-corrected chi connectivity index (χ1v) is 11.7. The van der Waals surface area contributed by atoms with Crippen molar-refractivity contribution in [1.82, 2.24) is 14.2 Å². The quantitative estimate of drug-likeness (QED) is 0.676. The van der Waals surface area contributed by atoms with Crippen molar-refractivity contribution < 1.29 is 17.9 Å². The van der Waals surface area contributed by atoms with Crippen LogP contribution in [0.25, 0.3) is 0 Å². The summed E-state index contributed by atoms with van der Waals surface area (Å²) in [4.78, 5) is 19.6. The van der Waals surface area contributed by atoms with Gasteiger partial charge in [0.2, 0.25) is 15.9 Å². The van der Waals surface area contributed by atoms with Crippen LogP contribution < -0.4 is 4.74 Å². The molecule has 0 atom stereocenters. The van der Waals surface area contributed by atoms with E-state index in [1.807, 2.05) is 17.9 Å². The molecule has 160 valence electrons. The van der Waals surface area contributed by atoms with Gasteiger partial charge in [-0.15, -0.1) is 0 Å². The summed E-state index contributed by atoms with van der Waals surface area (Å²) in [6.45, 7) is 3.74. The molecule has 2 aromatic rings. The Bertz CT molecular complexity index is 1010. The van der Waals surface area contributed by atoms with E-state index in [4.69, 9.17) is 4.74 Å². The van der Waals surface area contributed by atoms with Crippen LogP contribution in [0.15, 0.2) is 53.6 Å². The molecule has 0 radical (unpaired) electrons. The third-order valence-electron chi connectivity index (χ3n) is 6.10. The highest BCUT2D eigenvalue weighted by Gasteiger charge is 2.57. The van der Waals surface area contributed by atoms with E-state index in [-0.39, 0.29) is 17.4 Å². The molecule has 0 bridgehead atoms. The standard InChI is InChI=1S/C22H27N3O4S/c1-3-12-25(21(26)19-10-7-11-23-20(19)29-2)17-13-22(14-17)15-24(16-22)30(27,28)18-8-5-4-6-9-18/h4-11,17H,3,12-16H2,1-2H3. The number of methoxy groups -OCH3 is 1. The van der Waals surface area contributed by atoms with E-state index in [0.29, 0.717) is 36.0 Å². The lowest BCUT2D eigenvalue weighted by Gasteiger charge is -2.60. The largest absolute Gasteiger partial charge is 0.480 e. The molecular weight excluding hydrogens is 402 g/mol. The second-order valence-electron chi connectivity index (χ2n) is 8.21. The zero-order valence-corrected chi connectivity index (χ0v) is 18.1. The monoisotopic (exact) mass is 429 g/mol. The van der Waals surface area contributed by atoms with Crippen molar-refractivity contribution in [2.75, 3.05) is 26.7 Å². The van der Waals surface area contributed by atoms with E-state index in [0.717, 1.165) is 19.3 Å². The number of hydrogen-bond acceptors (Lipinski definition) is 5. The number of aromatic nitrogens is 1. The first-order chi connectivity index (χ1) is 14.4. The molecule has 4 rings (SSSR count). The van der Waals surface area contributed by atoms with Crippen LogP contribution in [0.5, 0.6) is 5.88 Å². The molecule has 0 unspecified atom stereocenters. The van der Waals surface area contributed by atoms with Gasteiger partial charge in [0.05, 0.1) is 12.0 Å². The number of sulfonamides is 1. The average Bonchev–Trinajstić information content (AvgIpc) is 2.71. The minimum absolute atomic E-state index is 0.0161. The van der Waals surface area contributed by atoms with Crippen LogP contribution in [0.1, 0.15) is 36.5 Å². The summed E-state index contributed by atoms with van der Waals surface area (Å²) in [6.07, 6.45) is 4.10. The molecule has 2 aliphatic rings. The second kappa shape index (κ2) is 8.00. The van der Waals surface area contributed by atoms with Crippen molar-refractivity contribution in [3.05, 3.63) is 54.2 Å². The number of benzene rings is 1. The maximum atomic E-state index is 13.2. The molecule has 1 spiro atoms. The lowest BCUT2D eigenvalue weighted by Crippen LogP contribution is -2.67. The lowest BCUT2D eigenvalue weighted by molar-refractivity contribution is -0.0665.